The van der Waals surface area contributed by atoms with E-state index in [9.17, 15) is 19.5 Å². The van der Waals surface area contributed by atoms with Crippen molar-refractivity contribution >= 4 is 64.3 Å². The Balaban J connectivity index is 0.00000370. The zero-order valence-electron chi connectivity index (χ0n) is 20.9. The van der Waals surface area contributed by atoms with Crippen LogP contribution in [0.1, 0.15) is 5.82 Å². The molecule has 4 aliphatic rings. The number of nitrogens with zero attached hydrogens (tertiary/aromatic N) is 6. The van der Waals surface area contributed by atoms with Crippen molar-refractivity contribution in [2.75, 3.05) is 38.2 Å². The second-order valence-electron chi connectivity index (χ2n) is 8.43. The van der Waals surface area contributed by atoms with Crippen molar-refractivity contribution in [3.8, 4) is 0 Å². The Kier molecular flexibility index (Phi) is 8.72. The molecule has 214 valence electrons. The number of anilines is 1. The molecule has 0 bridgehead atoms. The second kappa shape index (κ2) is 12.0. The summed E-state index contributed by atoms with van der Waals surface area (Å²) in [6, 6.07) is -0.964. The highest BCUT2D eigenvalue weighted by molar-refractivity contribution is 8.00. The number of aromatic nitrogens is 2. The molecule has 40 heavy (non-hydrogen) atoms. The molecule has 0 aliphatic carbocycles. The van der Waals surface area contributed by atoms with Gasteiger partial charge in [-0.2, -0.15) is 9.36 Å². The van der Waals surface area contributed by atoms with Gasteiger partial charge in [0.15, 0.2) is 5.13 Å². The molecule has 5 rings (SSSR count). The van der Waals surface area contributed by atoms with Crippen LogP contribution in [0.2, 0.25) is 0 Å². The number of hydrogen-bond acceptors (Lipinski definition) is 15. The van der Waals surface area contributed by atoms with Crippen LogP contribution in [0.15, 0.2) is 52.6 Å². The normalized spacial score (nSPS) is 21.4. The van der Waals surface area contributed by atoms with Gasteiger partial charge in [0.1, 0.15) is 35.9 Å². The predicted molar refractivity (Wildman–Crippen MR) is 149 cm³/mol. The molecule has 2 atom stereocenters. The fraction of sp³-hybridized carbons (Fsp3) is 0.333. The monoisotopic (exact) mass is 611 g/mol. The van der Waals surface area contributed by atoms with Gasteiger partial charge in [-0.05, 0) is 17.7 Å². The molecule has 2 amide bonds. The molecule has 19 heteroatoms. The predicted octanol–water partition coefficient (Wildman–Crippen LogP) is -1.53. The summed E-state index contributed by atoms with van der Waals surface area (Å²) in [6.07, 6.45) is 7.38. The molecule has 0 radical (unpaired) electrons. The number of oxime groups is 1. The number of amides is 2. The van der Waals surface area contributed by atoms with Gasteiger partial charge in [0.05, 0.1) is 0 Å². The standard InChI is InChI=1S/C21H25N11O5S2.ClH/c1-37-28-13(16-26-21(23)39-29-16)17(33)25-14-18(34)32-15(20(35)36)10(9-38-19(14)32)8-30-6-7-31-12(30)3-2-11(27-31)24-5-4-22;/h2-3,6-7,14,19,24,27H,4-5,8-9,22H2,1H3,(H,25,33)(H,35,36)(H2,23,26,29);1H/b28-13-;/t14-,19+;/m1./s1. The number of nitrogens with one attached hydrogen (secondary N) is 3. The molecule has 0 unspecified atom stereocenters. The molecule has 8 N–H and O–H groups in total. The van der Waals surface area contributed by atoms with Gasteiger partial charge in [-0.15, -0.1) is 24.2 Å². The van der Waals surface area contributed by atoms with Crippen LogP contribution in [0.4, 0.5) is 5.13 Å². The number of nitrogens with two attached hydrogens (primary N) is 2. The maximum atomic E-state index is 13.1. The molecule has 0 saturated carbocycles. The van der Waals surface area contributed by atoms with Gasteiger partial charge in [0.2, 0.25) is 11.5 Å². The van der Waals surface area contributed by atoms with Gasteiger partial charge in [-0.25, -0.2) is 9.80 Å². The van der Waals surface area contributed by atoms with Crippen LogP contribution in [0.3, 0.4) is 0 Å². The maximum absolute atomic E-state index is 13.1. The van der Waals surface area contributed by atoms with E-state index in [-0.39, 0.29) is 41.3 Å². The number of β-lactam (4-membered cyclic amide) rings is 1. The van der Waals surface area contributed by atoms with Gasteiger partial charge in [0, 0.05) is 49.3 Å². The average Bonchev–Trinajstić information content (AvgIpc) is 3.54. The minimum Gasteiger partial charge on any atom is -0.477 e. The number of nitrogen functional groups attached to an aromatic ring is 1. The third kappa shape index (κ3) is 5.37. The first kappa shape index (κ1) is 29.0. The third-order valence-electron chi connectivity index (χ3n) is 5.99. The summed E-state index contributed by atoms with van der Waals surface area (Å²) in [5.41, 5.74) is 14.6. The number of rotatable bonds is 10. The Morgan fingerprint density at radius 3 is 2.83 bits per heavy atom. The Morgan fingerprint density at radius 2 is 2.15 bits per heavy atom. The number of carboxylic acid groups (broad SMARTS) is 1. The molecule has 0 aromatic carbocycles. The van der Waals surface area contributed by atoms with E-state index in [0.717, 1.165) is 23.2 Å². The SMILES string of the molecule is CO/N=C(\C(=O)N[C@@H]1C(=O)N2C(C(=O)O)=C(CN3C=CN4NC(NCCN)=CC=C34)CS[C@@H]12)c1nsc(N)n1.Cl. The molecular weight excluding hydrogens is 586 g/mol. The number of thioether (sulfide) groups is 1. The van der Waals surface area contributed by atoms with Crippen molar-refractivity contribution in [3.63, 3.8) is 0 Å². The number of aliphatic carboxylic acids is 1. The van der Waals surface area contributed by atoms with Gasteiger partial charge in [-0.1, -0.05) is 5.16 Å². The zero-order valence-corrected chi connectivity index (χ0v) is 23.4. The van der Waals surface area contributed by atoms with E-state index in [2.05, 4.69) is 30.6 Å². The lowest BCUT2D eigenvalue weighted by Gasteiger charge is -2.49. The average molecular weight is 612 g/mol. The zero-order chi connectivity index (χ0) is 27.7. The minimum atomic E-state index is -1.22. The Morgan fingerprint density at radius 1 is 1.35 bits per heavy atom. The quantitative estimate of drug-likeness (QED) is 0.100. The molecule has 1 fully saturated rings. The van der Waals surface area contributed by atoms with Crippen LogP contribution in [-0.2, 0) is 19.2 Å². The van der Waals surface area contributed by atoms with Crippen LogP contribution in [0.5, 0.6) is 0 Å². The number of fused-ring (bicyclic) bond motifs is 2. The lowest BCUT2D eigenvalue weighted by Crippen LogP contribution is -2.71. The van der Waals surface area contributed by atoms with Gasteiger partial charge in [-0.3, -0.25) is 19.9 Å². The number of allylic oxidation sites excluding steroid dienone is 2. The Hall–Kier alpha value is -4.00. The van der Waals surface area contributed by atoms with Gasteiger partial charge < -0.3 is 36.9 Å². The van der Waals surface area contributed by atoms with Crippen molar-refractivity contribution in [3.05, 3.63) is 53.3 Å². The lowest BCUT2D eigenvalue weighted by atomic mass is 10.0. The van der Waals surface area contributed by atoms with Crippen LogP contribution in [-0.4, -0.2) is 96.7 Å². The van der Waals surface area contributed by atoms with Crippen LogP contribution < -0.4 is 27.5 Å². The van der Waals surface area contributed by atoms with Crippen molar-refractivity contribution in [1.29, 1.82) is 0 Å². The van der Waals surface area contributed by atoms with Crippen molar-refractivity contribution in [1.82, 2.24) is 40.2 Å². The minimum absolute atomic E-state index is 0. The topological polar surface area (TPSA) is 217 Å². The third-order valence-corrected chi connectivity index (χ3v) is 7.87. The smallest absolute Gasteiger partial charge is 0.352 e. The lowest BCUT2D eigenvalue weighted by molar-refractivity contribution is -0.150. The molecule has 1 aromatic rings. The summed E-state index contributed by atoms with van der Waals surface area (Å²) < 4.78 is 3.96. The van der Waals surface area contributed by atoms with Crippen LogP contribution in [0, 0.1) is 0 Å². The fourth-order valence-electron chi connectivity index (χ4n) is 4.30. The van der Waals surface area contributed by atoms with E-state index < -0.39 is 29.2 Å². The van der Waals surface area contributed by atoms with E-state index in [1.807, 2.05) is 29.5 Å². The second-order valence-corrected chi connectivity index (χ2v) is 10.3. The number of carbonyl (C=O) groups excluding carboxylic acids is 2. The van der Waals surface area contributed by atoms with Crippen molar-refractivity contribution in [2.24, 2.45) is 10.9 Å². The van der Waals surface area contributed by atoms with Crippen LogP contribution in [0.25, 0.3) is 0 Å². The van der Waals surface area contributed by atoms with E-state index in [1.54, 1.807) is 5.01 Å². The molecular formula is C21H26ClN11O5S2. The number of carboxylic acids is 1. The highest BCUT2D eigenvalue weighted by Gasteiger charge is 2.54. The van der Waals surface area contributed by atoms with Gasteiger partial charge >= 0.3 is 5.97 Å². The largest absolute Gasteiger partial charge is 0.477 e. The van der Waals surface area contributed by atoms with Crippen LogP contribution >= 0.6 is 35.7 Å². The Labute approximate surface area is 242 Å². The molecule has 4 aliphatic heterocycles. The first-order valence-electron chi connectivity index (χ1n) is 11.6. The first-order valence-corrected chi connectivity index (χ1v) is 13.4. The van der Waals surface area contributed by atoms with E-state index in [4.69, 9.17) is 16.3 Å². The van der Waals surface area contributed by atoms with Crippen molar-refractivity contribution in [2.45, 2.75) is 11.4 Å². The molecule has 1 aromatic heterocycles. The number of hydrazine groups is 1. The fourth-order valence-corrected chi connectivity index (χ4v) is 6.07. The Bertz CT molecular complexity index is 1360. The first-order chi connectivity index (χ1) is 18.8. The number of hydrogen-bond donors (Lipinski definition) is 6. The maximum Gasteiger partial charge on any atom is 0.352 e. The van der Waals surface area contributed by atoms with Crippen molar-refractivity contribution < 1.29 is 24.3 Å². The summed E-state index contributed by atoms with van der Waals surface area (Å²) in [7, 11) is 1.25. The molecule has 16 nitrogen and oxygen atoms in total. The summed E-state index contributed by atoms with van der Waals surface area (Å²) in [5.74, 6) is -0.637. The van der Waals surface area contributed by atoms with E-state index >= 15 is 0 Å². The number of halogens is 1. The molecule has 0 spiro atoms. The highest BCUT2D eigenvalue weighted by Crippen LogP contribution is 2.41. The molecule has 1 saturated heterocycles. The van der Waals surface area contributed by atoms with E-state index in [1.165, 1.54) is 23.8 Å². The summed E-state index contributed by atoms with van der Waals surface area (Å²) >= 11 is 2.24. The number of carbonyl (C=O) groups is 3. The summed E-state index contributed by atoms with van der Waals surface area (Å²) in [6.45, 7) is 1.35. The molecule has 5 heterocycles. The van der Waals surface area contributed by atoms with Gasteiger partial charge in [0.25, 0.3) is 11.8 Å². The highest BCUT2D eigenvalue weighted by atomic mass is 35.5. The summed E-state index contributed by atoms with van der Waals surface area (Å²) in [4.78, 5) is 50.1. The van der Waals surface area contributed by atoms with E-state index in [0.29, 0.717) is 24.4 Å². The summed E-state index contributed by atoms with van der Waals surface area (Å²) in [5, 5.41) is 20.8.